The van der Waals surface area contributed by atoms with Crippen LogP contribution in [0.1, 0.15) is 30.5 Å². The van der Waals surface area contributed by atoms with Crippen LogP contribution >= 0.6 is 0 Å². The Bertz CT molecular complexity index is 806. The molecule has 6 heteroatoms. The summed E-state index contributed by atoms with van der Waals surface area (Å²) in [6, 6.07) is 8.04. The summed E-state index contributed by atoms with van der Waals surface area (Å²) in [7, 11) is 1.87. The van der Waals surface area contributed by atoms with Gasteiger partial charge in [-0.25, -0.2) is 4.98 Å². The second-order valence-electron chi connectivity index (χ2n) is 5.88. The first-order chi connectivity index (χ1) is 11.6. The van der Waals surface area contributed by atoms with Crippen molar-refractivity contribution in [3.05, 3.63) is 66.5 Å². The molecule has 0 aliphatic heterocycles. The van der Waals surface area contributed by atoms with Gasteiger partial charge in [0.25, 0.3) is 0 Å². The first-order valence-corrected chi connectivity index (χ1v) is 7.97. The van der Waals surface area contributed by atoms with E-state index in [1.165, 1.54) is 0 Å². The lowest BCUT2D eigenvalue weighted by Gasteiger charge is -2.15. The summed E-state index contributed by atoms with van der Waals surface area (Å²) in [5, 5.41) is 7.17. The van der Waals surface area contributed by atoms with Gasteiger partial charge >= 0.3 is 0 Å². The number of benzene rings is 1. The Morgan fingerprint density at radius 2 is 2.25 bits per heavy atom. The van der Waals surface area contributed by atoms with Crippen LogP contribution in [0.15, 0.2) is 55.4 Å². The predicted octanol–water partition coefficient (Wildman–Crippen LogP) is 2.42. The molecule has 0 aliphatic carbocycles. The maximum Gasteiger partial charge on any atom is 0.220 e. The third-order valence-electron chi connectivity index (χ3n) is 3.95. The van der Waals surface area contributed by atoms with Crippen molar-refractivity contribution in [2.24, 2.45) is 7.05 Å². The van der Waals surface area contributed by atoms with Gasteiger partial charge in [0.05, 0.1) is 18.6 Å². The molecule has 1 amide bonds. The molecule has 1 N–H and O–H groups in total. The number of nitrogens with one attached hydrogen (secondary N) is 1. The number of carbonyl (C=O) groups excluding carboxylic acids is 1. The third-order valence-corrected chi connectivity index (χ3v) is 3.95. The molecular weight excluding hydrogens is 302 g/mol. The number of aryl methyl sites for hydroxylation is 2. The summed E-state index contributed by atoms with van der Waals surface area (Å²) >= 11 is 0. The van der Waals surface area contributed by atoms with Gasteiger partial charge in [0.2, 0.25) is 5.91 Å². The van der Waals surface area contributed by atoms with Crippen LogP contribution < -0.4 is 5.32 Å². The predicted molar refractivity (Wildman–Crippen MR) is 91.7 cm³/mol. The lowest BCUT2D eigenvalue weighted by atomic mass is 10.1. The molecule has 24 heavy (non-hydrogen) atoms. The van der Waals surface area contributed by atoms with E-state index in [-0.39, 0.29) is 11.9 Å². The summed E-state index contributed by atoms with van der Waals surface area (Å²) in [5.41, 5.74) is 3.17. The number of rotatable bonds is 6. The normalized spacial score (nSPS) is 12.1. The van der Waals surface area contributed by atoms with Crippen LogP contribution in [0.3, 0.4) is 0 Å². The van der Waals surface area contributed by atoms with Gasteiger partial charge in [-0.15, -0.1) is 0 Å². The van der Waals surface area contributed by atoms with Gasteiger partial charge in [0, 0.05) is 37.7 Å². The first-order valence-electron chi connectivity index (χ1n) is 7.97. The summed E-state index contributed by atoms with van der Waals surface area (Å²) in [6.45, 7) is 2.00. The van der Waals surface area contributed by atoms with Crippen molar-refractivity contribution >= 4 is 5.91 Å². The van der Waals surface area contributed by atoms with E-state index in [1.54, 1.807) is 23.4 Å². The molecule has 0 radical (unpaired) electrons. The maximum absolute atomic E-state index is 12.2. The Morgan fingerprint density at radius 3 is 2.96 bits per heavy atom. The number of hydrogen-bond acceptors (Lipinski definition) is 3. The summed E-state index contributed by atoms with van der Waals surface area (Å²) < 4.78 is 3.69. The third kappa shape index (κ3) is 3.90. The minimum absolute atomic E-state index is 0.0411. The highest BCUT2D eigenvalue weighted by Gasteiger charge is 2.11. The second kappa shape index (κ2) is 7.12. The molecule has 0 bridgehead atoms. The molecule has 2 aromatic heterocycles. The molecule has 3 rings (SSSR count). The minimum Gasteiger partial charge on any atom is -0.350 e. The molecule has 0 spiro atoms. The zero-order valence-corrected chi connectivity index (χ0v) is 13.9. The Morgan fingerprint density at radius 1 is 1.38 bits per heavy atom. The molecular formula is C18H21N5O. The largest absolute Gasteiger partial charge is 0.350 e. The van der Waals surface area contributed by atoms with E-state index < -0.39 is 0 Å². The van der Waals surface area contributed by atoms with E-state index in [4.69, 9.17) is 0 Å². The van der Waals surface area contributed by atoms with E-state index in [2.05, 4.69) is 21.5 Å². The molecule has 0 saturated heterocycles. The van der Waals surface area contributed by atoms with Gasteiger partial charge in [-0.3, -0.25) is 9.48 Å². The Balaban J connectivity index is 1.59. The second-order valence-corrected chi connectivity index (χ2v) is 5.88. The SMILES string of the molecule is CC(NC(=O)CCc1cnn(C)c1)c1cccc(-n2ccnc2)c1. The van der Waals surface area contributed by atoms with E-state index >= 15 is 0 Å². The molecule has 6 nitrogen and oxygen atoms in total. The van der Waals surface area contributed by atoms with Crippen LogP contribution in [0.2, 0.25) is 0 Å². The van der Waals surface area contributed by atoms with Gasteiger partial charge in [-0.2, -0.15) is 5.10 Å². The standard InChI is InChI=1S/C18H21N5O/c1-14(21-18(24)7-6-15-11-20-22(2)12-15)16-4-3-5-17(10-16)23-9-8-19-13-23/h3-5,8-14H,6-7H2,1-2H3,(H,21,24). The fraction of sp³-hybridized carbons (Fsp3) is 0.278. The average Bonchev–Trinajstić information content (AvgIpc) is 3.24. The number of hydrogen-bond donors (Lipinski definition) is 1. The highest BCUT2D eigenvalue weighted by atomic mass is 16.1. The van der Waals surface area contributed by atoms with Crippen molar-refractivity contribution in [3.63, 3.8) is 0 Å². The van der Waals surface area contributed by atoms with Gasteiger partial charge < -0.3 is 9.88 Å². The van der Waals surface area contributed by atoms with Gasteiger partial charge in [-0.1, -0.05) is 12.1 Å². The first kappa shape index (κ1) is 16.0. The van der Waals surface area contributed by atoms with Crippen LogP contribution in [0, 0.1) is 0 Å². The molecule has 1 aromatic carbocycles. The van der Waals surface area contributed by atoms with Gasteiger partial charge in [0.1, 0.15) is 0 Å². The number of imidazole rings is 1. The molecule has 1 atom stereocenters. The molecule has 0 fully saturated rings. The van der Waals surface area contributed by atoms with E-state index in [0.717, 1.165) is 16.8 Å². The van der Waals surface area contributed by atoms with Crippen LogP contribution in [-0.2, 0) is 18.3 Å². The molecule has 0 aliphatic rings. The lowest BCUT2D eigenvalue weighted by molar-refractivity contribution is -0.121. The van der Waals surface area contributed by atoms with Crippen molar-refractivity contribution in [2.75, 3.05) is 0 Å². The number of carbonyl (C=O) groups is 1. The lowest BCUT2D eigenvalue weighted by Crippen LogP contribution is -2.26. The van der Waals surface area contributed by atoms with Crippen molar-refractivity contribution in [3.8, 4) is 5.69 Å². The van der Waals surface area contributed by atoms with Crippen LogP contribution in [0.4, 0.5) is 0 Å². The quantitative estimate of drug-likeness (QED) is 0.757. The Labute approximate surface area is 141 Å². The zero-order valence-electron chi connectivity index (χ0n) is 13.9. The minimum atomic E-state index is -0.0464. The van der Waals surface area contributed by atoms with Crippen molar-refractivity contribution in [2.45, 2.75) is 25.8 Å². The van der Waals surface area contributed by atoms with Crippen LogP contribution in [0.5, 0.6) is 0 Å². The maximum atomic E-state index is 12.2. The van der Waals surface area contributed by atoms with E-state index in [1.807, 2.05) is 49.1 Å². The highest BCUT2D eigenvalue weighted by Crippen LogP contribution is 2.17. The Kier molecular flexibility index (Phi) is 4.74. The van der Waals surface area contributed by atoms with Crippen molar-refractivity contribution in [1.82, 2.24) is 24.6 Å². The van der Waals surface area contributed by atoms with Crippen molar-refractivity contribution < 1.29 is 4.79 Å². The van der Waals surface area contributed by atoms with Crippen LogP contribution in [0.25, 0.3) is 5.69 Å². The number of nitrogens with zero attached hydrogens (tertiary/aromatic N) is 4. The molecule has 0 saturated carbocycles. The van der Waals surface area contributed by atoms with Crippen LogP contribution in [-0.4, -0.2) is 25.2 Å². The Hall–Kier alpha value is -2.89. The summed E-state index contributed by atoms with van der Waals surface area (Å²) in [4.78, 5) is 16.2. The fourth-order valence-electron chi connectivity index (χ4n) is 2.62. The number of aromatic nitrogens is 4. The molecule has 124 valence electrons. The topological polar surface area (TPSA) is 64.7 Å². The summed E-state index contributed by atoms with van der Waals surface area (Å²) in [5.74, 6) is 0.0411. The monoisotopic (exact) mass is 323 g/mol. The molecule has 1 unspecified atom stereocenters. The van der Waals surface area contributed by atoms with E-state index in [9.17, 15) is 4.79 Å². The van der Waals surface area contributed by atoms with Gasteiger partial charge in [0.15, 0.2) is 0 Å². The fourth-order valence-corrected chi connectivity index (χ4v) is 2.62. The van der Waals surface area contributed by atoms with Gasteiger partial charge in [-0.05, 0) is 36.6 Å². The summed E-state index contributed by atoms with van der Waals surface area (Å²) in [6.07, 6.45) is 10.3. The van der Waals surface area contributed by atoms with Crippen molar-refractivity contribution in [1.29, 1.82) is 0 Å². The highest BCUT2D eigenvalue weighted by molar-refractivity contribution is 5.76. The smallest absolute Gasteiger partial charge is 0.220 e. The van der Waals surface area contributed by atoms with E-state index in [0.29, 0.717) is 12.8 Å². The zero-order chi connectivity index (χ0) is 16.9. The average molecular weight is 323 g/mol. The molecule has 3 aromatic rings. The number of amides is 1. The molecule has 2 heterocycles.